The molecule has 0 radical (unpaired) electrons. The van der Waals surface area contributed by atoms with Gasteiger partial charge in [-0.2, -0.15) is 0 Å². The first-order valence-corrected chi connectivity index (χ1v) is 24.4. The largest absolute Gasteiger partial charge is 0.506 e. The Labute approximate surface area is 421 Å². The second-order valence-electron chi connectivity index (χ2n) is 18.4. The second-order valence-corrected chi connectivity index (χ2v) is 18.4. The molecule has 4 heterocycles. The average Bonchev–Trinajstić information content (AvgIpc) is 3.41. The van der Waals surface area contributed by atoms with Gasteiger partial charge >= 0.3 is 18.1 Å². The minimum Gasteiger partial charge on any atom is -0.506 e. The number of piperidine rings is 3. The number of aromatic amines is 1. The number of ether oxygens (including phenoxy) is 3. The van der Waals surface area contributed by atoms with Crippen molar-refractivity contribution < 1.29 is 43.2 Å². The molecule has 3 fully saturated rings. The van der Waals surface area contributed by atoms with Crippen LogP contribution < -0.4 is 26.2 Å². The third-order valence-electron chi connectivity index (χ3n) is 13.3. The van der Waals surface area contributed by atoms with Gasteiger partial charge in [-0.25, -0.2) is 18.8 Å². The normalized spacial score (nSPS) is 16.8. The van der Waals surface area contributed by atoms with Gasteiger partial charge in [0.15, 0.2) is 0 Å². The lowest BCUT2D eigenvalue weighted by atomic mass is 9.86. The number of halogens is 1. The number of pyridine rings is 1. The molecule has 3 aliphatic heterocycles. The van der Waals surface area contributed by atoms with E-state index < -0.39 is 36.1 Å². The Morgan fingerprint density at radius 2 is 1.53 bits per heavy atom. The number of urea groups is 1. The highest BCUT2D eigenvalue weighted by molar-refractivity contribution is 5.90. The van der Waals surface area contributed by atoms with Crippen molar-refractivity contribution in [1.29, 1.82) is 0 Å². The number of fused-ring (bicyclic) bond motifs is 4. The zero-order chi connectivity index (χ0) is 50.7. The summed E-state index contributed by atoms with van der Waals surface area (Å²) in [4.78, 5) is 58.4. The van der Waals surface area contributed by atoms with E-state index in [4.69, 9.17) is 14.2 Å². The molecule has 6 N–H and O–H groups in total. The lowest BCUT2D eigenvalue weighted by molar-refractivity contribution is -0.0336. The number of benzene rings is 6. The lowest BCUT2D eigenvalue weighted by Crippen LogP contribution is -2.52. The predicted octanol–water partition coefficient (Wildman–Crippen LogP) is 8.58. The molecule has 6 aromatic carbocycles. The number of nitrogens with one attached hydrogen (secondary N) is 4. The number of aliphatic hydroxyl groups is 1. The van der Waals surface area contributed by atoms with Crippen molar-refractivity contribution in [2.24, 2.45) is 5.92 Å². The summed E-state index contributed by atoms with van der Waals surface area (Å²) in [6.07, 6.45) is 0.594. The van der Waals surface area contributed by atoms with Crippen LogP contribution in [0.5, 0.6) is 11.5 Å². The van der Waals surface area contributed by atoms with E-state index in [0.29, 0.717) is 46.0 Å². The van der Waals surface area contributed by atoms with Crippen LogP contribution in [0.2, 0.25) is 0 Å². The SMILES string of the molecule is O=C(NC(c1ccccc1)c1cccc(OCc2ccc(C(=O)OCCN(Cc3ccc(F)cc3)C(=O)Nc3ccc(CNC[C@@H](O)c4ccc(O)c5[nH]c(=O)ccc45)cc3)cc2)c1)O[C@H]1CN2CCC1CC2. The molecule has 73 heavy (non-hydrogen) atoms. The maximum atomic E-state index is 13.8. The quantitative estimate of drug-likeness (QED) is 0.0425. The zero-order valence-electron chi connectivity index (χ0n) is 40.0. The van der Waals surface area contributed by atoms with Crippen LogP contribution in [-0.4, -0.2) is 88.5 Å². The Morgan fingerprint density at radius 1 is 0.808 bits per heavy atom. The van der Waals surface area contributed by atoms with Gasteiger partial charge in [-0.1, -0.05) is 84.9 Å². The van der Waals surface area contributed by atoms with E-state index in [1.165, 1.54) is 29.2 Å². The van der Waals surface area contributed by atoms with Gasteiger partial charge in [-0.05, 0) is 126 Å². The summed E-state index contributed by atoms with van der Waals surface area (Å²) in [6.45, 7) is 3.74. The van der Waals surface area contributed by atoms with E-state index in [9.17, 15) is 33.8 Å². The van der Waals surface area contributed by atoms with E-state index in [-0.39, 0.29) is 55.8 Å². The van der Waals surface area contributed by atoms with E-state index >= 15 is 0 Å². The number of carbonyl (C=O) groups is 3. The summed E-state index contributed by atoms with van der Waals surface area (Å²) in [5, 5.41) is 30.9. The van der Waals surface area contributed by atoms with Crippen LogP contribution in [0.4, 0.5) is 19.7 Å². The van der Waals surface area contributed by atoms with Crippen molar-refractivity contribution in [3.8, 4) is 11.5 Å². The third-order valence-corrected chi connectivity index (χ3v) is 13.3. The van der Waals surface area contributed by atoms with E-state index in [1.807, 2.05) is 66.7 Å². The first kappa shape index (κ1) is 49.9. The number of rotatable bonds is 19. The topological polar surface area (TPSA) is 195 Å². The molecule has 0 aliphatic carbocycles. The molecule has 1 aromatic heterocycles. The molecule has 2 bridgehead atoms. The van der Waals surface area contributed by atoms with Crippen molar-refractivity contribution in [3.05, 3.63) is 207 Å². The summed E-state index contributed by atoms with van der Waals surface area (Å²) in [6, 6.07) is 42.2. The Kier molecular flexibility index (Phi) is 16.0. The van der Waals surface area contributed by atoms with Gasteiger partial charge in [0.2, 0.25) is 5.56 Å². The predicted molar refractivity (Wildman–Crippen MR) is 274 cm³/mol. The number of phenols is 1. The van der Waals surface area contributed by atoms with Gasteiger partial charge in [0.25, 0.3) is 0 Å². The van der Waals surface area contributed by atoms with Crippen LogP contribution in [0, 0.1) is 11.7 Å². The molecule has 10 rings (SSSR count). The van der Waals surface area contributed by atoms with E-state index in [0.717, 1.165) is 54.7 Å². The maximum absolute atomic E-state index is 13.8. The number of aliphatic hydroxyl groups excluding tert-OH is 1. The monoisotopic (exact) mass is 988 g/mol. The minimum absolute atomic E-state index is 0.0399. The van der Waals surface area contributed by atoms with Crippen LogP contribution in [0.3, 0.4) is 0 Å². The fourth-order valence-corrected chi connectivity index (χ4v) is 9.34. The number of amides is 3. The number of alkyl carbamates (subject to hydrolysis) is 1. The van der Waals surface area contributed by atoms with Crippen molar-refractivity contribution in [2.75, 3.05) is 44.6 Å². The molecular formula is C57H57FN6O9. The molecule has 7 aromatic rings. The minimum atomic E-state index is -0.926. The van der Waals surface area contributed by atoms with Crippen LogP contribution in [0.15, 0.2) is 156 Å². The summed E-state index contributed by atoms with van der Waals surface area (Å²) in [7, 11) is 0. The number of esters is 1. The van der Waals surface area contributed by atoms with Crippen LogP contribution in [0.25, 0.3) is 10.9 Å². The molecule has 3 amide bonds. The van der Waals surface area contributed by atoms with Gasteiger partial charge in [0.1, 0.15) is 36.6 Å². The van der Waals surface area contributed by atoms with Crippen molar-refractivity contribution in [3.63, 3.8) is 0 Å². The maximum Gasteiger partial charge on any atom is 0.408 e. The van der Waals surface area contributed by atoms with Crippen LogP contribution >= 0.6 is 0 Å². The zero-order valence-corrected chi connectivity index (χ0v) is 40.0. The number of phenolic OH excluding ortho intramolecular Hbond substituents is 1. The molecule has 0 spiro atoms. The van der Waals surface area contributed by atoms with Crippen molar-refractivity contribution in [1.82, 2.24) is 25.4 Å². The number of nitrogens with zero attached hydrogens (tertiary/aromatic N) is 2. The van der Waals surface area contributed by atoms with Crippen molar-refractivity contribution >= 4 is 34.7 Å². The number of carbonyl (C=O) groups excluding carboxylic acids is 3. The Hall–Kier alpha value is -8.05. The summed E-state index contributed by atoms with van der Waals surface area (Å²) < 4.78 is 31.6. The summed E-state index contributed by atoms with van der Waals surface area (Å²) in [5.74, 6) is -0.0718. The average molecular weight is 989 g/mol. The molecule has 376 valence electrons. The Bertz CT molecular complexity index is 3060. The van der Waals surface area contributed by atoms with E-state index in [1.54, 1.807) is 60.7 Å². The van der Waals surface area contributed by atoms with Gasteiger partial charge in [0.05, 0.1) is 29.8 Å². The Morgan fingerprint density at radius 3 is 2.27 bits per heavy atom. The van der Waals surface area contributed by atoms with Crippen LogP contribution in [-0.2, 0) is 29.2 Å². The third kappa shape index (κ3) is 13.1. The van der Waals surface area contributed by atoms with E-state index in [2.05, 4.69) is 25.8 Å². The van der Waals surface area contributed by atoms with Gasteiger partial charge in [0, 0.05) is 43.3 Å². The molecule has 16 heteroatoms. The standard InChI is InChI=1S/C57H57FN6O9/c58-44-17-11-38(12-18-44)34-64(56(69)60-45-19-13-37(14-20-45)32-59-33-50(66)47-21-23-49(65)54-48(47)22-24-52(67)61-54)29-30-71-55(68)42-15-9-39(10-16-42)36-72-46-8-4-7-43(31-46)53(41-5-2-1-3-6-41)62-57(70)73-51-35-63-27-25-40(51)26-28-63/h1-24,31,40,50-51,53,59,65-66H,25-30,32-36H2,(H,60,69)(H,61,67)(H,62,70)/t50-,51+,53?/m1/s1. The fourth-order valence-electron chi connectivity index (χ4n) is 9.34. The summed E-state index contributed by atoms with van der Waals surface area (Å²) >= 11 is 0. The molecule has 1 unspecified atom stereocenters. The highest BCUT2D eigenvalue weighted by Crippen LogP contribution is 2.32. The second kappa shape index (κ2) is 23.5. The number of H-pyrrole nitrogens is 1. The number of hydrogen-bond donors (Lipinski definition) is 6. The van der Waals surface area contributed by atoms with Gasteiger partial charge < -0.3 is 50.3 Å². The molecule has 15 nitrogen and oxygen atoms in total. The smallest absolute Gasteiger partial charge is 0.408 e. The first-order valence-electron chi connectivity index (χ1n) is 24.4. The molecule has 3 aliphatic rings. The molecular weight excluding hydrogens is 932 g/mol. The molecule has 3 saturated heterocycles. The first-order chi connectivity index (χ1) is 35.5. The number of anilines is 1. The number of aromatic hydroxyl groups is 1. The highest BCUT2D eigenvalue weighted by atomic mass is 19.1. The highest BCUT2D eigenvalue weighted by Gasteiger charge is 2.37. The van der Waals surface area contributed by atoms with Gasteiger partial charge in [-0.15, -0.1) is 0 Å². The lowest BCUT2D eigenvalue weighted by Gasteiger charge is -2.43. The number of aromatic nitrogens is 1. The summed E-state index contributed by atoms with van der Waals surface area (Å²) in [5.41, 5.74) is 5.39. The van der Waals surface area contributed by atoms with Crippen molar-refractivity contribution in [2.45, 2.75) is 50.8 Å². The molecule has 0 saturated carbocycles. The number of hydrogen-bond acceptors (Lipinski definition) is 11. The van der Waals surface area contributed by atoms with Crippen LogP contribution in [0.1, 0.15) is 68.7 Å². The Balaban J connectivity index is 0.758. The fraction of sp³-hybridized carbons (Fsp3) is 0.263. The van der Waals surface area contributed by atoms with Gasteiger partial charge in [-0.3, -0.25) is 9.69 Å². The molecule has 3 atom stereocenters.